The maximum absolute atomic E-state index is 12.3. The predicted molar refractivity (Wildman–Crippen MR) is 147 cm³/mol. The van der Waals surface area contributed by atoms with Gasteiger partial charge < -0.3 is 25.2 Å². The summed E-state index contributed by atoms with van der Waals surface area (Å²) in [5.41, 5.74) is 3.70. The van der Waals surface area contributed by atoms with Crippen LogP contribution in [0.15, 0.2) is 85.1 Å². The Labute approximate surface area is 217 Å². The van der Waals surface area contributed by atoms with Crippen LogP contribution in [-0.2, 0) is 9.53 Å². The highest BCUT2D eigenvalue weighted by Gasteiger charge is 2.14. The van der Waals surface area contributed by atoms with Crippen molar-refractivity contribution in [2.75, 3.05) is 53.2 Å². The lowest BCUT2D eigenvalue weighted by atomic mass is 10.1. The number of H-pyrrole nitrogens is 1. The Kier molecular flexibility index (Phi) is 9.56. The van der Waals surface area contributed by atoms with Crippen LogP contribution in [0.3, 0.4) is 0 Å². The highest BCUT2D eigenvalue weighted by Crippen LogP contribution is 2.24. The highest BCUT2D eigenvalue weighted by atomic mass is 16.5. The Morgan fingerprint density at radius 3 is 2.70 bits per heavy atom. The first-order valence-corrected chi connectivity index (χ1v) is 11.8. The van der Waals surface area contributed by atoms with Crippen molar-refractivity contribution in [3.8, 4) is 11.4 Å². The van der Waals surface area contributed by atoms with Crippen molar-refractivity contribution in [1.29, 1.82) is 0 Å². The van der Waals surface area contributed by atoms with Gasteiger partial charge in [0.25, 0.3) is 0 Å². The lowest BCUT2D eigenvalue weighted by Gasteiger charge is -2.26. The van der Waals surface area contributed by atoms with Gasteiger partial charge in [0.05, 0.1) is 29.7 Å². The quantitative estimate of drug-likeness (QED) is 0.186. The lowest BCUT2D eigenvalue weighted by molar-refractivity contribution is -0.115. The van der Waals surface area contributed by atoms with E-state index in [4.69, 9.17) is 4.74 Å². The molecule has 0 unspecified atom stereocenters. The molecule has 0 aliphatic carbocycles. The Hall–Kier alpha value is -4.44. The van der Waals surface area contributed by atoms with Gasteiger partial charge in [-0.25, -0.2) is 9.97 Å². The van der Waals surface area contributed by atoms with E-state index in [0.717, 1.165) is 28.8 Å². The third kappa shape index (κ3) is 7.52. The smallest absolute Gasteiger partial charge is 0.247 e. The SMILES string of the molecule is C=CC(=O)NC(=C/CNc1nccc(-c2n[nH]c3ccccc23)n1)/C(=C\C(=C)OC)N(C)CCN(C)C. The fourth-order valence-electron chi connectivity index (χ4n) is 3.46. The summed E-state index contributed by atoms with van der Waals surface area (Å²) < 4.78 is 5.28. The molecule has 0 saturated heterocycles. The van der Waals surface area contributed by atoms with Gasteiger partial charge in [0.1, 0.15) is 11.5 Å². The largest absolute Gasteiger partial charge is 0.497 e. The number of aromatic amines is 1. The third-order valence-corrected chi connectivity index (χ3v) is 5.51. The minimum Gasteiger partial charge on any atom is -0.497 e. The molecule has 0 bridgehead atoms. The number of rotatable bonds is 13. The first-order chi connectivity index (χ1) is 17.8. The molecule has 0 fully saturated rings. The van der Waals surface area contributed by atoms with Crippen molar-refractivity contribution in [2.24, 2.45) is 0 Å². The average molecular weight is 503 g/mol. The number of hydrogen-bond donors (Lipinski definition) is 3. The molecule has 0 spiro atoms. The summed E-state index contributed by atoms with van der Waals surface area (Å²) in [4.78, 5) is 25.3. The zero-order valence-electron chi connectivity index (χ0n) is 21.8. The van der Waals surface area contributed by atoms with E-state index in [-0.39, 0.29) is 5.91 Å². The second-order valence-electron chi connectivity index (χ2n) is 8.50. The van der Waals surface area contributed by atoms with E-state index < -0.39 is 0 Å². The van der Waals surface area contributed by atoms with Gasteiger partial charge in [-0.1, -0.05) is 31.4 Å². The minimum atomic E-state index is -0.329. The summed E-state index contributed by atoms with van der Waals surface area (Å²) in [6.45, 7) is 9.36. The van der Waals surface area contributed by atoms with E-state index in [1.54, 1.807) is 19.4 Å². The second kappa shape index (κ2) is 13.0. The zero-order valence-corrected chi connectivity index (χ0v) is 21.8. The fourth-order valence-corrected chi connectivity index (χ4v) is 3.46. The van der Waals surface area contributed by atoms with Crippen LogP contribution in [0, 0.1) is 0 Å². The number of hydrogen-bond acceptors (Lipinski definition) is 8. The summed E-state index contributed by atoms with van der Waals surface area (Å²) in [7, 11) is 7.51. The summed E-state index contributed by atoms with van der Waals surface area (Å²) in [5.74, 6) is 0.563. The number of anilines is 1. The van der Waals surface area contributed by atoms with E-state index in [0.29, 0.717) is 36.2 Å². The van der Waals surface area contributed by atoms with Gasteiger partial charge in [-0.05, 0) is 38.4 Å². The van der Waals surface area contributed by atoms with Crippen LogP contribution < -0.4 is 10.6 Å². The molecule has 2 aromatic heterocycles. The van der Waals surface area contributed by atoms with Crippen LogP contribution in [0.5, 0.6) is 0 Å². The molecule has 10 nitrogen and oxygen atoms in total. The van der Waals surface area contributed by atoms with Crippen molar-refractivity contribution in [1.82, 2.24) is 35.3 Å². The number of likely N-dealkylation sites (N-methyl/N-ethyl adjacent to an activating group) is 2. The van der Waals surface area contributed by atoms with Crippen LogP contribution in [0.25, 0.3) is 22.3 Å². The van der Waals surface area contributed by atoms with E-state index in [1.165, 1.54) is 6.08 Å². The topological polar surface area (TPSA) is 111 Å². The summed E-state index contributed by atoms with van der Waals surface area (Å²) in [6, 6.07) is 9.69. The molecular weight excluding hydrogens is 468 g/mol. The van der Waals surface area contributed by atoms with Gasteiger partial charge in [0.15, 0.2) is 0 Å². The number of methoxy groups -OCH3 is 1. The molecule has 0 radical (unpaired) electrons. The van der Waals surface area contributed by atoms with Gasteiger partial charge in [0.2, 0.25) is 11.9 Å². The third-order valence-electron chi connectivity index (χ3n) is 5.51. The first-order valence-electron chi connectivity index (χ1n) is 11.8. The number of allylic oxidation sites excluding steroid dienone is 1. The molecule has 0 atom stereocenters. The van der Waals surface area contributed by atoms with E-state index in [9.17, 15) is 4.79 Å². The Morgan fingerprint density at radius 1 is 1.19 bits per heavy atom. The number of nitrogens with zero attached hydrogens (tertiary/aromatic N) is 5. The molecule has 1 aromatic carbocycles. The Balaban J connectivity index is 1.85. The van der Waals surface area contributed by atoms with Crippen LogP contribution in [0.1, 0.15) is 0 Å². The summed E-state index contributed by atoms with van der Waals surface area (Å²) in [6.07, 6.45) is 6.54. The molecule has 1 amide bonds. The van der Waals surface area contributed by atoms with Crippen LogP contribution in [-0.4, -0.2) is 83.8 Å². The second-order valence-corrected chi connectivity index (χ2v) is 8.50. The minimum absolute atomic E-state index is 0.329. The molecule has 2 heterocycles. The number of carbonyl (C=O) groups is 1. The fraction of sp³-hybridized carbons (Fsp3) is 0.259. The van der Waals surface area contributed by atoms with E-state index in [2.05, 4.69) is 48.9 Å². The van der Waals surface area contributed by atoms with Gasteiger partial charge in [-0.3, -0.25) is 9.89 Å². The molecule has 0 aliphatic rings. The molecule has 10 heteroatoms. The molecular formula is C27H34N8O2. The molecule has 0 saturated carbocycles. The zero-order chi connectivity index (χ0) is 26.8. The van der Waals surface area contributed by atoms with Gasteiger partial charge in [-0.2, -0.15) is 5.10 Å². The Bertz CT molecular complexity index is 1310. The molecule has 37 heavy (non-hydrogen) atoms. The van der Waals surface area contributed by atoms with Crippen molar-refractivity contribution in [3.05, 3.63) is 85.1 Å². The summed E-state index contributed by atoms with van der Waals surface area (Å²) in [5, 5.41) is 14.5. The first kappa shape index (κ1) is 27.2. The number of nitrogens with one attached hydrogen (secondary N) is 3. The van der Waals surface area contributed by atoms with E-state index >= 15 is 0 Å². The highest BCUT2D eigenvalue weighted by molar-refractivity contribution is 5.91. The van der Waals surface area contributed by atoms with E-state index in [1.807, 2.05) is 62.5 Å². The maximum atomic E-state index is 12.3. The van der Waals surface area contributed by atoms with Crippen molar-refractivity contribution in [3.63, 3.8) is 0 Å². The molecule has 194 valence electrons. The summed E-state index contributed by atoms with van der Waals surface area (Å²) >= 11 is 0. The molecule has 0 aliphatic heterocycles. The van der Waals surface area contributed by atoms with Crippen LogP contribution >= 0.6 is 0 Å². The molecule has 3 rings (SSSR count). The number of benzene rings is 1. The van der Waals surface area contributed by atoms with Crippen LogP contribution in [0.4, 0.5) is 5.95 Å². The number of carbonyl (C=O) groups excluding carboxylic acids is 1. The van der Waals surface area contributed by atoms with Gasteiger partial charge >= 0.3 is 0 Å². The monoisotopic (exact) mass is 502 g/mol. The van der Waals surface area contributed by atoms with Crippen molar-refractivity contribution >= 4 is 22.8 Å². The standard InChI is InChI=1S/C27H34N8O2/c1-7-25(36)30-22(24(18-19(2)37-6)35(5)17-16-34(3)4)12-14-28-27-29-15-13-23(31-27)26-20-10-8-9-11-21(20)32-33-26/h7-13,15,18H,1-2,14,16-17H2,3-6H3,(H,30,36)(H,32,33)(H,28,29,31)/b22-12+,24-18+. The van der Waals surface area contributed by atoms with Crippen LogP contribution in [0.2, 0.25) is 0 Å². The van der Waals surface area contributed by atoms with Crippen molar-refractivity contribution < 1.29 is 9.53 Å². The predicted octanol–water partition coefficient (Wildman–Crippen LogP) is 3.16. The lowest BCUT2D eigenvalue weighted by Crippen LogP contribution is -2.33. The normalized spacial score (nSPS) is 11.9. The maximum Gasteiger partial charge on any atom is 0.247 e. The number of para-hydroxylation sites is 1. The van der Waals surface area contributed by atoms with Crippen molar-refractivity contribution in [2.45, 2.75) is 0 Å². The van der Waals surface area contributed by atoms with Gasteiger partial charge in [0, 0.05) is 44.3 Å². The molecule has 3 N–H and O–H groups in total. The molecule has 3 aromatic rings. The number of amides is 1. The number of aromatic nitrogens is 4. The number of fused-ring (bicyclic) bond motifs is 1. The number of ether oxygens (including phenoxy) is 1. The Morgan fingerprint density at radius 2 is 1.97 bits per heavy atom. The van der Waals surface area contributed by atoms with Gasteiger partial charge in [-0.15, -0.1) is 0 Å². The average Bonchev–Trinajstić information content (AvgIpc) is 3.34.